The van der Waals surface area contributed by atoms with Gasteiger partial charge < -0.3 is 0 Å². The summed E-state index contributed by atoms with van der Waals surface area (Å²) in [5.74, 6) is 0.158. The Morgan fingerprint density at radius 1 is 1.00 bits per heavy atom. The topological polar surface area (TPSA) is 43.4 Å². The number of rotatable bonds is 4. The van der Waals surface area contributed by atoms with Crippen molar-refractivity contribution in [2.75, 3.05) is 0 Å². The Hall–Kier alpha value is -0.870. The summed E-state index contributed by atoms with van der Waals surface area (Å²) in [5, 5.41) is 0. The summed E-state index contributed by atoms with van der Waals surface area (Å²) < 4.78 is 29.8. The van der Waals surface area contributed by atoms with E-state index >= 15 is 0 Å². The SMILES string of the molecule is Cc1cc(C)c(S(=O)(=O)OC(C)C(C)C)c(C)c1. The molecule has 0 aliphatic carbocycles. The first-order valence-electron chi connectivity index (χ1n) is 6.16. The standard InChI is InChI=1S/C14H22O3S/c1-9(2)13(6)17-18(15,16)14-11(4)7-10(3)8-12(14)5/h7-9,13H,1-6H3. The molecule has 0 amide bonds. The molecule has 0 aliphatic heterocycles. The maximum atomic E-state index is 12.3. The summed E-state index contributed by atoms with van der Waals surface area (Å²) in [7, 11) is -3.68. The zero-order chi connectivity index (χ0) is 14.1. The van der Waals surface area contributed by atoms with Gasteiger partial charge >= 0.3 is 0 Å². The van der Waals surface area contributed by atoms with Crippen molar-refractivity contribution in [1.82, 2.24) is 0 Å². The molecule has 1 atom stereocenters. The van der Waals surface area contributed by atoms with Gasteiger partial charge in [0.05, 0.1) is 11.0 Å². The lowest BCUT2D eigenvalue weighted by atomic mass is 10.1. The van der Waals surface area contributed by atoms with Gasteiger partial charge in [-0.1, -0.05) is 31.5 Å². The molecular weight excluding hydrogens is 248 g/mol. The van der Waals surface area contributed by atoms with Gasteiger partial charge in [0.15, 0.2) is 0 Å². The minimum Gasteiger partial charge on any atom is -0.263 e. The van der Waals surface area contributed by atoms with Crippen molar-refractivity contribution >= 4 is 10.1 Å². The third kappa shape index (κ3) is 3.33. The second kappa shape index (κ2) is 5.41. The van der Waals surface area contributed by atoms with Crippen LogP contribution in [0.2, 0.25) is 0 Å². The van der Waals surface area contributed by atoms with Crippen LogP contribution in [0, 0.1) is 26.7 Å². The van der Waals surface area contributed by atoms with E-state index in [9.17, 15) is 8.42 Å². The molecule has 0 saturated carbocycles. The van der Waals surface area contributed by atoms with E-state index in [1.54, 1.807) is 20.8 Å². The lowest BCUT2D eigenvalue weighted by Gasteiger charge is -2.18. The van der Waals surface area contributed by atoms with E-state index in [0.717, 1.165) is 16.7 Å². The van der Waals surface area contributed by atoms with Gasteiger partial charge in [-0.3, -0.25) is 4.18 Å². The fraction of sp³-hybridized carbons (Fsp3) is 0.571. The van der Waals surface area contributed by atoms with Crippen LogP contribution in [0.1, 0.15) is 37.5 Å². The highest BCUT2D eigenvalue weighted by atomic mass is 32.2. The minimum absolute atomic E-state index is 0.158. The van der Waals surface area contributed by atoms with Crippen LogP contribution in [-0.4, -0.2) is 14.5 Å². The van der Waals surface area contributed by atoms with E-state index in [1.165, 1.54) is 0 Å². The Morgan fingerprint density at radius 2 is 1.44 bits per heavy atom. The zero-order valence-corrected chi connectivity index (χ0v) is 12.8. The highest BCUT2D eigenvalue weighted by molar-refractivity contribution is 7.86. The van der Waals surface area contributed by atoms with Gasteiger partial charge in [0, 0.05) is 0 Å². The van der Waals surface area contributed by atoms with Crippen molar-refractivity contribution in [2.45, 2.75) is 52.5 Å². The van der Waals surface area contributed by atoms with Crippen LogP contribution in [0.3, 0.4) is 0 Å². The molecule has 0 saturated heterocycles. The van der Waals surface area contributed by atoms with Crippen molar-refractivity contribution in [2.24, 2.45) is 5.92 Å². The summed E-state index contributed by atoms with van der Waals surface area (Å²) in [5.41, 5.74) is 2.53. The molecule has 1 aromatic rings. The fourth-order valence-electron chi connectivity index (χ4n) is 1.92. The molecule has 1 rings (SSSR count). The summed E-state index contributed by atoms with van der Waals surface area (Å²) in [6, 6.07) is 3.73. The molecule has 102 valence electrons. The summed E-state index contributed by atoms with van der Waals surface area (Å²) >= 11 is 0. The van der Waals surface area contributed by atoms with Gasteiger partial charge in [-0.2, -0.15) is 8.42 Å². The Morgan fingerprint density at radius 3 is 1.83 bits per heavy atom. The van der Waals surface area contributed by atoms with E-state index in [4.69, 9.17) is 4.18 Å². The normalized spacial score (nSPS) is 13.9. The first kappa shape index (κ1) is 15.2. The number of hydrogen-bond acceptors (Lipinski definition) is 3. The van der Waals surface area contributed by atoms with Gasteiger partial charge in [-0.15, -0.1) is 0 Å². The lowest BCUT2D eigenvalue weighted by Crippen LogP contribution is -2.21. The Balaban J connectivity index is 3.21. The highest BCUT2D eigenvalue weighted by Gasteiger charge is 2.24. The molecular formula is C14H22O3S. The van der Waals surface area contributed by atoms with Crippen LogP contribution >= 0.6 is 0 Å². The molecule has 0 radical (unpaired) electrons. The molecule has 0 aromatic heterocycles. The molecule has 0 aliphatic rings. The first-order chi connectivity index (χ1) is 8.15. The molecule has 3 nitrogen and oxygen atoms in total. The molecule has 1 aromatic carbocycles. The average Bonchev–Trinajstić information content (AvgIpc) is 2.13. The minimum atomic E-state index is -3.68. The molecule has 4 heteroatoms. The summed E-state index contributed by atoms with van der Waals surface area (Å²) in [4.78, 5) is 0.306. The van der Waals surface area contributed by atoms with Crippen molar-refractivity contribution < 1.29 is 12.6 Å². The summed E-state index contributed by atoms with van der Waals surface area (Å²) in [6.07, 6.45) is -0.324. The third-order valence-corrected chi connectivity index (χ3v) is 4.77. The van der Waals surface area contributed by atoms with Crippen LogP contribution in [0.5, 0.6) is 0 Å². The van der Waals surface area contributed by atoms with Crippen molar-refractivity contribution in [3.05, 3.63) is 28.8 Å². The van der Waals surface area contributed by atoms with Crippen LogP contribution in [0.25, 0.3) is 0 Å². The second-order valence-electron chi connectivity index (χ2n) is 5.23. The van der Waals surface area contributed by atoms with Crippen LogP contribution in [-0.2, 0) is 14.3 Å². The van der Waals surface area contributed by atoms with E-state index in [2.05, 4.69) is 0 Å². The Kier molecular flexibility index (Phi) is 4.56. The fourth-order valence-corrected chi connectivity index (χ4v) is 3.54. The van der Waals surface area contributed by atoms with Gasteiger partial charge in [0.25, 0.3) is 10.1 Å². The first-order valence-corrected chi connectivity index (χ1v) is 7.57. The molecule has 18 heavy (non-hydrogen) atoms. The van der Waals surface area contributed by atoms with Crippen LogP contribution in [0.4, 0.5) is 0 Å². The highest BCUT2D eigenvalue weighted by Crippen LogP contribution is 2.25. The molecule has 0 bridgehead atoms. The van der Waals surface area contributed by atoms with Crippen molar-refractivity contribution in [1.29, 1.82) is 0 Å². The molecule has 1 unspecified atom stereocenters. The number of benzene rings is 1. The number of hydrogen-bond donors (Lipinski definition) is 0. The smallest absolute Gasteiger partial charge is 0.263 e. The second-order valence-corrected chi connectivity index (χ2v) is 6.74. The molecule has 0 fully saturated rings. The lowest BCUT2D eigenvalue weighted by molar-refractivity contribution is 0.178. The predicted molar refractivity (Wildman–Crippen MR) is 73.2 cm³/mol. The number of aryl methyl sites for hydroxylation is 3. The third-order valence-electron chi connectivity index (χ3n) is 3.07. The molecule has 0 spiro atoms. The maximum absolute atomic E-state index is 12.3. The quantitative estimate of drug-likeness (QED) is 0.788. The van der Waals surface area contributed by atoms with Crippen molar-refractivity contribution in [3.63, 3.8) is 0 Å². The van der Waals surface area contributed by atoms with Gasteiger partial charge in [0.2, 0.25) is 0 Å². The average molecular weight is 270 g/mol. The molecule has 0 heterocycles. The van der Waals surface area contributed by atoms with E-state index in [1.807, 2.05) is 32.9 Å². The zero-order valence-electron chi connectivity index (χ0n) is 11.9. The van der Waals surface area contributed by atoms with E-state index in [0.29, 0.717) is 4.90 Å². The van der Waals surface area contributed by atoms with Crippen molar-refractivity contribution in [3.8, 4) is 0 Å². The predicted octanol–water partition coefficient (Wildman–Crippen LogP) is 3.36. The van der Waals surface area contributed by atoms with E-state index in [-0.39, 0.29) is 12.0 Å². The van der Waals surface area contributed by atoms with E-state index < -0.39 is 10.1 Å². The Bertz CT molecular complexity index is 507. The largest absolute Gasteiger partial charge is 0.297 e. The monoisotopic (exact) mass is 270 g/mol. The maximum Gasteiger partial charge on any atom is 0.297 e. The van der Waals surface area contributed by atoms with Gasteiger partial charge in [0.1, 0.15) is 0 Å². The van der Waals surface area contributed by atoms with Crippen LogP contribution in [0.15, 0.2) is 17.0 Å². The summed E-state index contributed by atoms with van der Waals surface area (Å²) in [6.45, 7) is 11.2. The van der Waals surface area contributed by atoms with Crippen LogP contribution < -0.4 is 0 Å². The Labute approximate surface area is 110 Å². The van der Waals surface area contributed by atoms with Gasteiger partial charge in [-0.05, 0) is 44.7 Å². The van der Waals surface area contributed by atoms with Gasteiger partial charge in [-0.25, -0.2) is 0 Å². The molecule has 0 N–H and O–H groups in total.